The van der Waals surface area contributed by atoms with Gasteiger partial charge in [0, 0.05) is 0 Å². The van der Waals surface area contributed by atoms with E-state index in [4.69, 9.17) is 25.5 Å². The van der Waals surface area contributed by atoms with Gasteiger partial charge in [-0.25, -0.2) is 0 Å². The highest BCUT2D eigenvalue weighted by atomic mass is 16.6. The molecule has 1 fully saturated rings. The molecule has 1 heterocycles. The highest BCUT2D eigenvalue weighted by Gasteiger charge is 2.44. The average Bonchev–Trinajstić information content (AvgIpc) is 2.32. The molecular formula is C6H12O6. The number of hydrogen-bond acceptors (Lipinski definition) is 6. The molecule has 0 bridgehead atoms. The molecule has 0 aromatic carbocycles. The second-order valence-electron chi connectivity index (χ2n) is 2.72. The van der Waals surface area contributed by atoms with Gasteiger partial charge in [0.2, 0.25) is 0 Å². The summed E-state index contributed by atoms with van der Waals surface area (Å²) in [5, 5.41) is 44.4. The number of rotatable bonds is 2. The van der Waals surface area contributed by atoms with Crippen LogP contribution in [0.15, 0.2) is 0 Å². The molecule has 0 aromatic heterocycles. The zero-order chi connectivity index (χ0) is 9.30. The van der Waals surface area contributed by atoms with Crippen molar-refractivity contribution < 1.29 is 30.3 Å². The molecule has 5 N–H and O–H groups in total. The van der Waals surface area contributed by atoms with Crippen LogP contribution in [0.4, 0.5) is 0 Å². The first-order chi connectivity index (χ1) is 5.57. The average molecular weight is 180 g/mol. The van der Waals surface area contributed by atoms with E-state index in [2.05, 4.69) is 4.74 Å². The lowest BCUT2D eigenvalue weighted by Gasteiger charge is -2.18. The van der Waals surface area contributed by atoms with E-state index in [1.165, 1.54) is 0 Å². The Kier molecular flexibility index (Phi) is 2.99. The third kappa shape index (κ3) is 1.58. The van der Waals surface area contributed by atoms with E-state index >= 15 is 0 Å². The van der Waals surface area contributed by atoms with Crippen molar-refractivity contribution in [1.82, 2.24) is 0 Å². The minimum atomic E-state index is -1.51. The third-order valence-electron chi connectivity index (χ3n) is 1.84. The molecule has 1 aliphatic rings. The van der Waals surface area contributed by atoms with E-state index in [9.17, 15) is 0 Å². The number of aliphatic hydroxyl groups is 5. The van der Waals surface area contributed by atoms with Gasteiger partial charge in [-0.1, -0.05) is 0 Å². The quantitative estimate of drug-likeness (QED) is 0.306. The largest absolute Gasteiger partial charge is 0.394 e. The van der Waals surface area contributed by atoms with Crippen LogP contribution >= 0.6 is 0 Å². The lowest BCUT2D eigenvalue weighted by Crippen LogP contribution is -2.40. The van der Waals surface area contributed by atoms with E-state index in [1.54, 1.807) is 0 Å². The van der Waals surface area contributed by atoms with Crippen LogP contribution in [0.3, 0.4) is 0 Å². The van der Waals surface area contributed by atoms with E-state index in [0.717, 1.165) is 0 Å². The Labute approximate surface area is 68.6 Å². The van der Waals surface area contributed by atoms with E-state index in [-0.39, 0.29) is 0 Å². The van der Waals surface area contributed by atoms with Crippen molar-refractivity contribution in [3.8, 4) is 0 Å². The standard InChI is InChI=1S/C6H12O6/c7-1-2(8)5-3(9)4(10)6(11)12-5/h2-11H,1H2/t2?,3-,4+,5-,6+/m0/s1. The van der Waals surface area contributed by atoms with Crippen molar-refractivity contribution in [3.63, 3.8) is 0 Å². The van der Waals surface area contributed by atoms with Gasteiger partial charge in [0.15, 0.2) is 6.29 Å². The van der Waals surface area contributed by atoms with Gasteiger partial charge in [-0.3, -0.25) is 0 Å². The number of hydrogen-bond donors (Lipinski definition) is 5. The second kappa shape index (κ2) is 3.65. The Morgan fingerprint density at radius 1 is 1.17 bits per heavy atom. The summed E-state index contributed by atoms with van der Waals surface area (Å²) in [6.07, 6.45) is -6.75. The van der Waals surface area contributed by atoms with Gasteiger partial charge < -0.3 is 30.3 Å². The molecule has 0 spiro atoms. The highest BCUT2D eigenvalue weighted by molar-refractivity contribution is 4.89. The lowest BCUT2D eigenvalue weighted by molar-refractivity contribution is -0.150. The second-order valence-corrected chi connectivity index (χ2v) is 2.72. The van der Waals surface area contributed by atoms with E-state index in [1.807, 2.05) is 0 Å². The molecule has 6 heteroatoms. The first-order valence-electron chi connectivity index (χ1n) is 3.56. The molecule has 1 unspecified atom stereocenters. The minimum absolute atomic E-state index is 0.596. The highest BCUT2D eigenvalue weighted by Crippen LogP contribution is 2.21. The Bertz CT molecular complexity index is 151. The maximum absolute atomic E-state index is 9.12. The molecule has 0 aliphatic carbocycles. The van der Waals surface area contributed by atoms with Gasteiger partial charge in [-0.05, 0) is 0 Å². The van der Waals surface area contributed by atoms with Gasteiger partial charge >= 0.3 is 0 Å². The van der Waals surface area contributed by atoms with Crippen molar-refractivity contribution in [2.24, 2.45) is 0 Å². The summed E-state index contributed by atoms with van der Waals surface area (Å²) >= 11 is 0. The first-order valence-corrected chi connectivity index (χ1v) is 3.56. The van der Waals surface area contributed by atoms with Gasteiger partial charge in [0.25, 0.3) is 0 Å². The predicted molar refractivity (Wildman–Crippen MR) is 36.0 cm³/mol. The normalized spacial score (nSPS) is 44.8. The molecular weight excluding hydrogens is 168 g/mol. The summed E-state index contributed by atoms with van der Waals surface area (Å²) in [5.41, 5.74) is 0. The lowest BCUT2D eigenvalue weighted by atomic mass is 10.1. The van der Waals surface area contributed by atoms with Gasteiger partial charge in [-0.2, -0.15) is 0 Å². The summed E-state index contributed by atoms with van der Waals surface area (Å²) in [7, 11) is 0. The van der Waals surface area contributed by atoms with Crippen molar-refractivity contribution in [3.05, 3.63) is 0 Å². The van der Waals surface area contributed by atoms with Crippen LogP contribution < -0.4 is 0 Å². The zero-order valence-electron chi connectivity index (χ0n) is 6.24. The summed E-state index contributed by atoms with van der Waals surface area (Å²) in [6, 6.07) is 0. The van der Waals surface area contributed by atoms with Gasteiger partial charge in [-0.15, -0.1) is 0 Å². The van der Waals surface area contributed by atoms with Crippen LogP contribution in [0.25, 0.3) is 0 Å². The molecule has 0 amide bonds. The Morgan fingerprint density at radius 2 is 1.75 bits per heavy atom. The van der Waals surface area contributed by atoms with Crippen LogP contribution in [-0.2, 0) is 4.74 Å². The minimum Gasteiger partial charge on any atom is -0.394 e. The maximum Gasteiger partial charge on any atom is 0.184 e. The molecule has 1 aliphatic heterocycles. The molecule has 6 nitrogen and oxygen atoms in total. The fourth-order valence-corrected chi connectivity index (χ4v) is 1.11. The molecule has 0 aromatic rings. The topological polar surface area (TPSA) is 110 Å². The van der Waals surface area contributed by atoms with Crippen LogP contribution in [0.5, 0.6) is 0 Å². The molecule has 72 valence electrons. The Balaban J connectivity index is 2.58. The molecule has 1 rings (SSSR count). The first kappa shape index (κ1) is 9.85. The summed E-state index contributed by atoms with van der Waals surface area (Å²) < 4.78 is 4.58. The fourth-order valence-electron chi connectivity index (χ4n) is 1.11. The molecule has 0 saturated carbocycles. The molecule has 0 radical (unpaired) electrons. The Hall–Kier alpha value is -0.240. The molecule has 12 heavy (non-hydrogen) atoms. The fraction of sp³-hybridized carbons (Fsp3) is 1.00. The molecule has 5 atom stereocenters. The third-order valence-corrected chi connectivity index (χ3v) is 1.84. The van der Waals surface area contributed by atoms with Crippen LogP contribution in [0.1, 0.15) is 0 Å². The van der Waals surface area contributed by atoms with Gasteiger partial charge in [0.05, 0.1) is 6.61 Å². The van der Waals surface area contributed by atoms with Crippen molar-refractivity contribution in [2.75, 3.05) is 6.61 Å². The number of ether oxygens (including phenoxy) is 1. The Morgan fingerprint density at radius 3 is 2.08 bits per heavy atom. The monoisotopic (exact) mass is 180 g/mol. The summed E-state index contributed by atoms with van der Waals surface area (Å²) in [6.45, 7) is -0.596. The van der Waals surface area contributed by atoms with Crippen molar-refractivity contribution in [2.45, 2.75) is 30.7 Å². The van der Waals surface area contributed by atoms with Crippen molar-refractivity contribution >= 4 is 0 Å². The van der Waals surface area contributed by atoms with Gasteiger partial charge in [0.1, 0.15) is 24.4 Å². The SMILES string of the molecule is OCC(O)[C@@H]1O[C@@H](O)[C@H](O)[C@@H]1O. The predicted octanol–water partition coefficient (Wildman–Crippen LogP) is -3.22. The van der Waals surface area contributed by atoms with E-state index in [0.29, 0.717) is 0 Å². The summed E-state index contributed by atoms with van der Waals surface area (Å²) in [4.78, 5) is 0. The number of aliphatic hydroxyl groups excluding tert-OH is 5. The van der Waals surface area contributed by atoms with Crippen molar-refractivity contribution in [1.29, 1.82) is 0 Å². The van der Waals surface area contributed by atoms with E-state index < -0.39 is 37.3 Å². The maximum atomic E-state index is 9.12. The zero-order valence-corrected chi connectivity index (χ0v) is 6.24. The van der Waals surface area contributed by atoms with Crippen LogP contribution in [-0.4, -0.2) is 62.8 Å². The van der Waals surface area contributed by atoms with Crippen LogP contribution in [0.2, 0.25) is 0 Å². The van der Waals surface area contributed by atoms with Crippen LogP contribution in [0, 0.1) is 0 Å². The summed E-state index contributed by atoms with van der Waals surface area (Å²) in [5.74, 6) is 0. The molecule has 1 saturated heterocycles. The smallest absolute Gasteiger partial charge is 0.184 e.